The minimum Gasteiger partial charge on any atom is -0.508 e. The molecule has 1 aromatic rings. The summed E-state index contributed by atoms with van der Waals surface area (Å²) in [6.45, 7) is 7.16. The van der Waals surface area contributed by atoms with Gasteiger partial charge in [0.05, 0.1) is 6.61 Å². The minimum atomic E-state index is 0.351. The van der Waals surface area contributed by atoms with Crippen molar-refractivity contribution in [1.82, 2.24) is 0 Å². The van der Waals surface area contributed by atoms with Gasteiger partial charge in [-0.3, -0.25) is 0 Å². The number of aromatic hydroxyl groups is 1. The molecule has 0 bridgehead atoms. The summed E-state index contributed by atoms with van der Waals surface area (Å²) in [5.41, 5.74) is 0.999. The van der Waals surface area contributed by atoms with Crippen molar-refractivity contribution in [3.8, 4) is 11.5 Å². The predicted molar refractivity (Wildman–Crippen MR) is 67.1 cm³/mol. The van der Waals surface area contributed by atoms with Gasteiger partial charge in [0.25, 0.3) is 0 Å². The van der Waals surface area contributed by atoms with Crippen molar-refractivity contribution in [3.05, 3.63) is 23.8 Å². The van der Waals surface area contributed by atoms with Gasteiger partial charge in [-0.2, -0.15) is 0 Å². The molecule has 2 nitrogen and oxygen atoms in total. The van der Waals surface area contributed by atoms with Crippen LogP contribution in [-0.4, -0.2) is 11.7 Å². The van der Waals surface area contributed by atoms with Crippen LogP contribution in [0.5, 0.6) is 11.5 Å². The fourth-order valence-electron chi connectivity index (χ4n) is 1.53. The second-order valence-electron chi connectivity index (χ2n) is 4.57. The number of phenols is 1. The van der Waals surface area contributed by atoms with Crippen LogP contribution in [0.15, 0.2) is 18.2 Å². The van der Waals surface area contributed by atoms with Crippen molar-refractivity contribution in [3.63, 3.8) is 0 Å². The van der Waals surface area contributed by atoms with E-state index < -0.39 is 0 Å². The molecule has 0 saturated carbocycles. The Morgan fingerprint density at radius 1 is 1.31 bits per heavy atom. The third kappa shape index (κ3) is 4.13. The van der Waals surface area contributed by atoms with Crippen LogP contribution in [-0.2, 0) is 6.42 Å². The Balaban J connectivity index is 2.52. The first-order valence-corrected chi connectivity index (χ1v) is 6.08. The molecule has 0 amide bonds. The summed E-state index contributed by atoms with van der Waals surface area (Å²) >= 11 is 0. The first kappa shape index (κ1) is 12.9. The standard InChI is InChI=1S/C14H22O2/c1-4-5-12-6-7-13(10-14(12)15)16-9-8-11(2)3/h6-7,10-11,15H,4-5,8-9H2,1-3H3. The molecule has 0 heterocycles. The smallest absolute Gasteiger partial charge is 0.122 e. The lowest BCUT2D eigenvalue weighted by molar-refractivity contribution is 0.288. The molecule has 1 rings (SSSR count). The zero-order chi connectivity index (χ0) is 12.0. The van der Waals surface area contributed by atoms with Gasteiger partial charge in [-0.1, -0.05) is 33.3 Å². The molecule has 0 unspecified atom stereocenters. The van der Waals surface area contributed by atoms with Gasteiger partial charge in [-0.15, -0.1) is 0 Å². The van der Waals surface area contributed by atoms with E-state index >= 15 is 0 Å². The number of ether oxygens (including phenoxy) is 1. The third-order valence-corrected chi connectivity index (χ3v) is 2.54. The van der Waals surface area contributed by atoms with Gasteiger partial charge < -0.3 is 9.84 Å². The lowest BCUT2D eigenvalue weighted by Crippen LogP contribution is -2.01. The Hall–Kier alpha value is -1.18. The monoisotopic (exact) mass is 222 g/mol. The van der Waals surface area contributed by atoms with Crippen LogP contribution in [0, 0.1) is 5.92 Å². The van der Waals surface area contributed by atoms with E-state index in [1.165, 1.54) is 0 Å². The Labute approximate surface area is 98.3 Å². The van der Waals surface area contributed by atoms with Gasteiger partial charge in [0, 0.05) is 6.07 Å². The molecule has 2 heteroatoms. The second-order valence-corrected chi connectivity index (χ2v) is 4.57. The lowest BCUT2D eigenvalue weighted by atomic mass is 10.1. The summed E-state index contributed by atoms with van der Waals surface area (Å²) in [7, 11) is 0. The maximum Gasteiger partial charge on any atom is 0.122 e. The van der Waals surface area contributed by atoms with Crippen LogP contribution < -0.4 is 4.74 Å². The van der Waals surface area contributed by atoms with E-state index in [4.69, 9.17) is 4.74 Å². The fraction of sp³-hybridized carbons (Fsp3) is 0.571. The number of aryl methyl sites for hydroxylation is 1. The molecule has 0 saturated heterocycles. The number of benzene rings is 1. The van der Waals surface area contributed by atoms with Crippen LogP contribution in [0.2, 0.25) is 0 Å². The largest absolute Gasteiger partial charge is 0.508 e. The Morgan fingerprint density at radius 2 is 2.06 bits per heavy atom. The summed E-state index contributed by atoms with van der Waals surface area (Å²) in [4.78, 5) is 0. The molecule has 0 aromatic heterocycles. The van der Waals surface area contributed by atoms with Gasteiger partial charge in [0.15, 0.2) is 0 Å². The highest BCUT2D eigenvalue weighted by molar-refractivity contribution is 5.39. The SMILES string of the molecule is CCCc1ccc(OCCC(C)C)cc1O. The molecular formula is C14H22O2. The van der Waals surface area contributed by atoms with Gasteiger partial charge in [0.1, 0.15) is 11.5 Å². The molecule has 16 heavy (non-hydrogen) atoms. The van der Waals surface area contributed by atoms with Crippen molar-refractivity contribution in [1.29, 1.82) is 0 Å². The van der Waals surface area contributed by atoms with Crippen molar-refractivity contribution in [2.24, 2.45) is 5.92 Å². The van der Waals surface area contributed by atoms with Crippen molar-refractivity contribution < 1.29 is 9.84 Å². The Bertz CT molecular complexity index is 319. The van der Waals surface area contributed by atoms with Gasteiger partial charge in [0.2, 0.25) is 0 Å². The van der Waals surface area contributed by atoms with E-state index in [9.17, 15) is 5.11 Å². The van der Waals surface area contributed by atoms with E-state index in [1.807, 2.05) is 12.1 Å². The maximum absolute atomic E-state index is 9.75. The molecular weight excluding hydrogens is 200 g/mol. The highest BCUT2D eigenvalue weighted by atomic mass is 16.5. The highest BCUT2D eigenvalue weighted by Crippen LogP contribution is 2.24. The maximum atomic E-state index is 9.75. The number of hydrogen-bond acceptors (Lipinski definition) is 2. The van der Waals surface area contributed by atoms with E-state index in [0.717, 1.165) is 30.6 Å². The molecule has 1 N–H and O–H groups in total. The Morgan fingerprint density at radius 3 is 2.62 bits per heavy atom. The third-order valence-electron chi connectivity index (χ3n) is 2.54. The average molecular weight is 222 g/mol. The van der Waals surface area contributed by atoms with Crippen LogP contribution in [0.1, 0.15) is 39.2 Å². The molecule has 0 aliphatic heterocycles. The number of phenolic OH excluding ortho intramolecular Hbond substituents is 1. The van der Waals surface area contributed by atoms with E-state index in [-0.39, 0.29) is 0 Å². The number of hydrogen-bond donors (Lipinski definition) is 1. The molecule has 0 aliphatic rings. The molecule has 0 radical (unpaired) electrons. The zero-order valence-electron chi connectivity index (χ0n) is 10.5. The van der Waals surface area contributed by atoms with Gasteiger partial charge in [-0.05, 0) is 30.4 Å². The molecule has 0 aliphatic carbocycles. The van der Waals surface area contributed by atoms with Crippen molar-refractivity contribution in [2.75, 3.05) is 6.61 Å². The highest BCUT2D eigenvalue weighted by Gasteiger charge is 2.03. The van der Waals surface area contributed by atoms with E-state index in [1.54, 1.807) is 6.07 Å². The predicted octanol–water partition coefficient (Wildman–Crippen LogP) is 3.77. The molecule has 1 aromatic carbocycles. The first-order valence-electron chi connectivity index (χ1n) is 6.08. The van der Waals surface area contributed by atoms with Crippen LogP contribution in [0.3, 0.4) is 0 Å². The minimum absolute atomic E-state index is 0.351. The Kier molecular flexibility index (Phi) is 5.17. The molecule has 0 spiro atoms. The summed E-state index contributed by atoms with van der Waals surface area (Å²) < 4.78 is 5.57. The number of rotatable bonds is 6. The fourth-order valence-corrected chi connectivity index (χ4v) is 1.53. The summed E-state index contributed by atoms with van der Waals surface area (Å²) in [6.07, 6.45) is 3.00. The quantitative estimate of drug-likeness (QED) is 0.794. The lowest BCUT2D eigenvalue weighted by Gasteiger charge is -2.10. The summed E-state index contributed by atoms with van der Waals surface area (Å²) in [6, 6.07) is 5.60. The summed E-state index contributed by atoms with van der Waals surface area (Å²) in [5.74, 6) is 1.76. The van der Waals surface area contributed by atoms with Crippen molar-refractivity contribution >= 4 is 0 Å². The van der Waals surface area contributed by atoms with E-state index in [2.05, 4.69) is 20.8 Å². The van der Waals surface area contributed by atoms with E-state index in [0.29, 0.717) is 18.3 Å². The topological polar surface area (TPSA) is 29.5 Å². The normalized spacial score (nSPS) is 10.8. The van der Waals surface area contributed by atoms with Crippen LogP contribution >= 0.6 is 0 Å². The molecule has 0 atom stereocenters. The average Bonchev–Trinajstić information content (AvgIpc) is 2.21. The summed E-state index contributed by atoms with van der Waals surface area (Å²) in [5, 5.41) is 9.75. The van der Waals surface area contributed by atoms with Crippen LogP contribution in [0.25, 0.3) is 0 Å². The van der Waals surface area contributed by atoms with Gasteiger partial charge in [-0.25, -0.2) is 0 Å². The van der Waals surface area contributed by atoms with Crippen LogP contribution in [0.4, 0.5) is 0 Å². The molecule has 90 valence electrons. The van der Waals surface area contributed by atoms with Gasteiger partial charge >= 0.3 is 0 Å². The first-order chi connectivity index (χ1) is 7.63. The zero-order valence-corrected chi connectivity index (χ0v) is 10.5. The van der Waals surface area contributed by atoms with Crippen molar-refractivity contribution in [2.45, 2.75) is 40.0 Å². The second kappa shape index (κ2) is 6.41. The molecule has 0 fully saturated rings.